The molecule has 1 aromatic carbocycles. The van der Waals surface area contributed by atoms with Crippen LogP contribution < -0.4 is 10.2 Å². The smallest absolute Gasteiger partial charge is 0.410 e. The van der Waals surface area contributed by atoms with Crippen LogP contribution >= 0.6 is 0 Å². The monoisotopic (exact) mass is 444 g/mol. The van der Waals surface area contributed by atoms with Gasteiger partial charge in [0.1, 0.15) is 11.6 Å². The Morgan fingerprint density at radius 2 is 1.59 bits per heavy atom. The van der Waals surface area contributed by atoms with Crippen LogP contribution in [0.4, 0.5) is 15.3 Å². The second-order valence-corrected chi connectivity index (χ2v) is 9.47. The molecular formula is C23H32N4O5. The van der Waals surface area contributed by atoms with Crippen molar-refractivity contribution in [2.24, 2.45) is 0 Å². The molecule has 2 fully saturated rings. The van der Waals surface area contributed by atoms with E-state index in [1.807, 2.05) is 12.1 Å². The summed E-state index contributed by atoms with van der Waals surface area (Å²) in [5.41, 5.74) is 1.02. The van der Waals surface area contributed by atoms with Crippen molar-refractivity contribution in [3.05, 3.63) is 29.8 Å². The van der Waals surface area contributed by atoms with Crippen LogP contribution in [0.5, 0.6) is 0 Å². The highest BCUT2D eigenvalue weighted by Gasteiger charge is 2.41. The highest BCUT2D eigenvalue weighted by atomic mass is 16.6. The fourth-order valence-corrected chi connectivity index (χ4v) is 3.69. The maximum atomic E-state index is 12.8. The molecule has 1 unspecified atom stereocenters. The molecule has 2 heterocycles. The molecule has 1 aromatic rings. The Labute approximate surface area is 188 Å². The van der Waals surface area contributed by atoms with Crippen molar-refractivity contribution in [2.75, 3.05) is 31.1 Å². The predicted molar refractivity (Wildman–Crippen MR) is 119 cm³/mol. The molecule has 9 heteroatoms. The Hall–Kier alpha value is -3.10. The highest BCUT2D eigenvalue weighted by Crippen LogP contribution is 2.24. The van der Waals surface area contributed by atoms with Gasteiger partial charge in [0, 0.05) is 26.2 Å². The molecule has 0 saturated carbocycles. The van der Waals surface area contributed by atoms with Gasteiger partial charge in [-0.15, -0.1) is 0 Å². The number of rotatable bonds is 4. The van der Waals surface area contributed by atoms with E-state index in [0.717, 1.165) is 10.5 Å². The maximum Gasteiger partial charge on any atom is 0.410 e. The van der Waals surface area contributed by atoms with Crippen molar-refractivity contribution in [1.82, 2.24) is 15.1 Å². The summed E-state index contributed by atoms with van der Waals surface area (Å²) in [5.74, 6) is -0.328. The minimum atomic E-state index is -0.899. The Balaban J connectivity index is 1.55. The number of nitrogens with zero attached hydrogens (tertiary/aromatic N) is 3. The normalized spacial score (nSPS) is 19.4. The molecule has 0 aliphatic carbocycles. The molecule has 1 atom stereocenters. The lowest BCUT2D eigenvalue weighted by Crippen LogP contribution is -2.52. The molecule has 0 bridgehead atoms. The van der Waals surface area contributed by atoms with Gasteiger partial charge in [-0.25, -0.2) is 14.5 Å². The summed E-state index contributed by atoms with van der Waals surface area (Å²) in [6, 6.07) is 5.84. The zero-order valence-electron chi connectivity index (χ0n) is 19.4. The SMILES string of the molecule is CC(C)c1ccc(N2C(=O)NC(CC(=O)N3CCN(C(=O)OC(C)(C)C)CC3)C2=O)cc1. The standard InChI is InChI=1S/C23H32N4O5/c1-15(2)16-6-8-17(9-7-16)27-20(29)18(24-21(27)30)14-19(28)25-10-12-26(13-11-25)22(31)32-23(3,4)5/h6-9,15,18H,10-14H2,1-5H3,(H,24,30). The van der Waals surface area contributed by atoms with E-state index in [1.54, 1.807) is 42.7 Å². The quantitative estimate of drug-likeness (QED) is 0.720. The zero-order chi connectivity index (χ0) is 23.6. The number of urea groups is 1. The third-order valence-electron chi connectivity index (χ3n) is 5.50. The van der Waals surface area contributed by atoms with E-state index >= 15 is 0 Å². The van der Waals surface area contributed by atoms with E-state index < -0.39 is 29.7 Å². The first-order chi connectivity index (χ1) is 15.0. The summed E-state index contributed by atoms with van der Waals surface area (Å²) in [6.07, 6.45) is -0.514. The number of imide groups is 1. The van der Waals surface area contributed by atoms with Gasteiger partial charge in [0.2, 0.25) is 5.91 Å². The van der Waals surface area contributed by atoms with Crippen molar-refractivity contribution in [2.45, 2.75) is 58.6 Å². The van der Waals surface area contributed by atoms with E-state index in [1.165, 1.54) is 0 Å². The molecule has 0 spiro atoms. The maximum absolute atomic E-state index is 12.8. The lowest BCUT2D eigenvalue weighted by atomic mass is 10.0. The van der Waals surface area contributed by atoms with Gasteiger partial charge in [-0.2, -0.15) is 0 Å². The Kier molecular flexibility index (Phi) is 6.76. The number of benzene rings is 1. The first-order valence-electron chi connectivity index (χ1n) is 11.0. The molecule has 32 heavy (non-hydrogen) atoms. The first-order valence-corrected chi connectivity index (χ1v) is 11.0. The van der Waals surface area contributed by atoms with Crippen molar-refractivity contribution < 1.29 is 23.9 Å². The molecule has 0 radical (unpaired) electrons. The van der Waals surface area contributed by atoms with Crippen LogP contribution in [-0.2, 0) is 14.3 Å². The van der Waals surface area contributed by atoms with Gasteiger partial charge < -0.3 is 19.9 Å². The summed E-state index contributed by atoms with van der Waals surface area (Å²) in [7, 11) is 0. The number of anilines is 1. The Bertz CT molecular complexity index is 883. The van der Waals surface area contributed by atoms with Gasteiger partial charge in [0.25, 0.3) is 5.91 Å². The molecule has 2 saturated heterocycles. The average Bonchev–Trinajstić information content (AvgIpc) is 2.99. The summed E-state index contributed by atoms with van der Waals surface area (Å²) >= 11 is 0. The van der Waals surface area contributed by atoms with Gasteiger partial charge in [0.05, 0.1) is 12.1 Å². The third-order valence-corrected chi connectivity index (χ3v) is 5.50. The minimum Gasteiger partial charge on any atom is -0.444 e. The Morgan fingerprint density at radius 1 is 1.03 bits per heavy atom. The number of carbonyl (C=O) groups excluding carboxylic acids is 4. The van der Waals surface area contributed by atoms with Crippen molar-refractivity contribution in [3.63, 3.8) is 0 Å². The van der Waals surface area contributed by atoms with Crippen molar-refractivity contribution in [3.8, 4) is 0 Å². The van der Waals surface area contributed by atoms with Crippen LogP contribution in [0.15, 0.2) is 24.3 Å². The fourth-order valence-electron chi connectivity index (χ4n) is 3.69. The Morgan fingerprint density at radius 3 is 2.12 bits per heavy atom. The van der Waals surface area contributed by atoms with Crippen LogP contribution in [-0.4, -0.2) is 71.6 Å². The number of hydrogen-bond acceptors (Lipinski definition) is 5. The molecule has 9 nitrogen and oxygen atoms in total. The summed E-state index contributed by atoms with van der Waals surface area (Å²) in [5, 5.41) is 2.62. The highest BCUT2D eigenvalue weighted by molar-refractivity contribution is 6.22. The number of hydrogen-bond donors (Lipinski definition) is 1. The second-order valence-electron chi connectivity index (χ2n) is 9.47. The largest absolute Gasteiger partial charge is 0.444 e. The fraction of sp³-hybridized carbons (Fsp3) is 0.565. The number of amides is 5. The van der Waals surface area contributed by atoms with Crippen LogP contribution in [0.1, 0.15) is 52.5 Å². The number of piperazine rings is 1. The zero-order valence-corrected chi connectivity index (χ0v) is 19.4. The first kappa shape index (κ1) is 23.6. The molecule has 174 valence electrons. The molecule has 0 aromatic heterocycles. The van der Waals surface area contributed by atoms with Crippen molar-refractivity contribution >= 4 is 29.6 Å². The predicted octanol–water partition coefficient (Wildman–Crippen LogP) is 2.70. The topological polar surface area (TPSA) is 99.3 Å². The third kappa shape index (κ3) is 5.38. The van der Waals surface area contributed by atoms with Crippen LogP contribution in [0.3, 0.4) is 0 Å². The molecule has 2 aliphatic rings. The summed E-state index contributed by atoms with van der Waals surface area (Å²) < 4.78 is 5.37. The van der Waals surface area contributed by atoms with Gasteiger partial charge in [-0.1, -0.05) is 26.0 Å². The van der Waals surface area contributed by atoms with Gasteiger partial charge in [-0.3, -0.25) is 9.59 Å². The summed E-state index contributed by atoms with van der Waals surface area (Å²) in [4.78, 5) is 54.4. The van der Waals surface area contributed by atoms with E-state index in [9.17, 15) is 19.2 Å². The number of ether oxygens (including phenoxy) is 1. The molecule has 5 amide bonds. The number of carbonyl (C=O) groups is 4. The van der Waals surface area contributed by atoms with Gasteiger partial charge in [0.15, 0.2) is 0 Å². The van der Waals surface area contributed by atoms with E-state index in [2.05, 4.69) is 19.2 Å². The molecule has 3 rings (SSSR count). The van der Waals surface area contributed by atoms with E-state index in [4.69, 9.17) is 4.74 Å². The molecular weight excluding hydrogens is 412 g/mol. The minimum absolute atomic E-state index is 0.114. The van der Waals surface area contributed by atoms with Crippen LogP contribution in [0.25, 0.3) is 0 Å². The average molecular weight is 445 g/mol. The lowest BCUT2D eigenvalue weighted by Gasteiger charge is -2.35. The van der Waals surface area contributed by atoms with Gasteiger partial charge >= 0.3 is 12.1 Å². The number of nitrogens with one attached hydrogen (secondary N) is 1. The van der Waals surface area contributed by atoms with Crippen LogP contribution in [0, 0.1) is 0 Å². The van der Waals surface area contributed by atoms with Gasteiger partial charge in [-0.05, 0) is 44.4 Å². The van der Waals surface area contributed by atoms with E-state index in [-0.39, 0.29) is 12.3 Å². The molecule has 1 N–H and O–H groups in total. The second kappa shape index (κ2) is 9.18. The lowest BCUT2D eigenvalue weighted by molar-refractivity contribution is -0.135. The van der Waals surface area contributed by atoms with E-state index in [0.29, 0.717) is 37.8 Å². The van der Waals surface area contributed by atoms with Crippen molar-refractivity contribution in [1.29, 1.82) is 0 Å². The summed E-state index contributed by atoms with van der Waals surface area (Å²) in [6.45, 7) is 11.0. The van der Waals surface area contributed by atoms with Crippen LogP contribution in [0.2, 0.25) is 0 Å². The molecule has 2 aliphatic heterocycles.